The van der Waals surface area contributed by atoms with Gasteiger partial charge in [-0.1, -0.05) is 18.2 Å². The Balaban J connectivity index is 1.71. The fourth-order valence-electron chi connectivity index (χ4n) is 3.17. The number of para-hydroxylation sites is 1. The molecule has 116 valence electrons. The van der Waals surface area contributed by atoms with Crippen molar-refractivity contribution in [2.45, 2.75) is 31.8 Å². The normalized spacial score (nSPS) is 24.1. The SMILES string of the molecule is C[C@H]1C(=O)N2CCC[C@@H]2CN1C(=O)C(=O)Nc1ccccc1. The van der Waals surface area contributed by atoms with E-state index in [0.29, 0.717) is 12.2 Å². The zero-order valence-electron chi connectivity index (χ0n) is 12.5. The topological polar surface area (TPSA) is 69.7 Å². The maximum Gasteiger partial charge on any atom is 0.313 e. The second kappa shape index (κ2) is 5.79. The molecule has 1 aromatic carbocycles. The van der Waals surface area contributed by atoms with Gasteiger partial charge in [-0.15, -0.1) is 0 Å². The van der Waals surface area contributed by atoms with Crippen LogP contribution in [0.5, 0.6) is 0 Å². The molecular formula is C16H19N3O3. The smallest absolute Gasteiger partial charge is 0.313 e. The average Bonchev–Trinajstić information content (AvgIpc) is 2.99. The third-order valence-electron chi connectivity index (χ3n) is 4.38. The molecule has 0 spiro atoms. The Morgan fingerprint density at radius 1 is 1.23 bits per heavy atom. The number of anilines is 1. The summed E-state index contributed by atoms with van der Waals surface area (Å²) in [6.45, 7) is 2.88. The molecule has 2 heterocycles. The molecule has 0 bridgehead atoms. The van der Waals surface area contributed by atoms with Gasteiger partial charge in [0.25, 0.3) is 0 Å². The van der Waals surface area contributed by atoms with Crippen LogP contribution in [0.25, 0.3) is 0 Å². The standard InChI is InChI=1S/C16H19N3O3/c1-11-15(21)18-9-5-8-13(18)10-19(11)16(22)14(20)17-12-6-3-2-4-7-12/h2-4,6-7,11,13H,5,8-10H2,1H3,(H,17,20)/t11-,13+/m0/s1. The number of hydrogen-bond donors (Lipinski definition) is 1. The van der Waals surface area contributed by atoms with Crippen LogP contribution in [0.3, 0.4) is 0 Å². The summed E-state index contributed by atoms with van der Waals surface area (Å²) >= 11 is 0. The van der Waals surface area contributed by atoms with E-state index in [1.807, 2.05) is 11.0 Å². The van der Waals surface area contributed by atoms with Crippen molar-refractivity contribution in [3.8, 4) is 0 Å². The molecule has 0 unspecified atom stereocenters. The molecule has 3 amide bonds. The average molecular weight is 301 g/mol. The van der Waals surface area contributed by atoms with E-state index >= 15 is 0 Å². The number of piperazine rings is 1. The highest BCUT2D eigenvalue weighted by Gasteiger charge is 2.43. The van der Waals surface area contributed by atoms with Gasteiger partial charge in [-0.3, -0.25) is 14.4 Å². The highest BCUT2D eigenvalue weighted by Crippen LogP contribution is 2.25. The quantitative estimate of drug-likeness (QED) is 0.782. The van der Waals surface area contributed by atoms with Gasteiger partial charge in [-0.05, 0) is 31.9 Å². The number of carbonyl (C=O) groups excluding carboxylic acids is 3. The van der Waals surface area contributed by atoms with Gasteiger partial charge in [-0.25, -0.2) is 0 Å². The van der Waals surface area contributed by atoms with Gasteiger partial charge >= 0.3 is 11.8 Å². The number of rotatable bonds is 1. The fourth-order valence-corrected chi connectivity index (χ4v) is 3.17. The summed E-state index contributed by atoms with van der Waals surface area (Å²) in [6, 6.07) is 8.30. The lowest BCUT2D eigenvalue weighted by Crippen LogP contribution is -2.61. The molecule has 2 aliphatic rings. The van der Waals surface area contributed by atoms with Crippen molar-refractivity contribution in [3.63, 3.8) is 0 Å². The zero-order chi connectivity index (χ0) is 15.7. The first-order valence-electron chi connectivity index (χ1n) is 7.55. The second-order valence-corrected chi connectivity index (χ2v) is 5.78. The number of amides is 3. The van der Waals surface area contributed by atoms with Crippen molar-refractivity contribution in [1.82, 2.24) is 9.80 Å². The van der Waals surface area contributed by atoms with Crippen molar-refractivity contribution >= 4 is 23.4 Å². The van der Waals surface area contributed by atoms with E-state index in [9.17, 15) is 14.4 Å². The first-order valence-corrected chi connectivity index (χ1v) is 7.55. The summed E-state index contributed by atoms with van der Waals surface area (Å²) in [6.07, 6.45) is 1.85. The van der Waals surface area contributed by atoms with Gasteiger partial charge < -0.3 is 15.1 Å². The van der Waals surface area contributed by atoms with Gasteiger partial charge in [0.2, 0.25) is 5.91 Å². The van der Waals surface area contributed by atoms with Crippen molar-refractivity contribution in [3.05, 3.63) is 30.3 Å². The Morgan fingerprint density at radius 2 is 1.95 bits per heavy atom. The maximum absolute atomic E-state index is 12.4. The van der Waals surface area contributed by atoms with Gasteiger partial charge in [-0.2, -0.15) is 0 Å². The minimum absolute atomic E-state index is 0.0529. The van der Waals surface area contributed by atoms with Crippen LogP contribution in [0.15, 0.2) is 30.3 Å². The molecule has 0 aliphatic carbocycles. The second-order valence-electron chi connectivity index (χ2n) is 5.78. The Hall–Kier alpha value is -2.37. The van der Waals surface area contributed by atoms with Crippen LogP contribution >= 0.6 is 0 Å². The molecule has 0 aromatic heterocycles. The van der Waals surface area contributed by atoms with Crippen molar-refractivity contribution in [1.29, 1.82) is 0 Å². The molecule has 1 aromatic rings. The third kappa shape index (κ3) is 2.56. The zero-order valence-corrected chi connectivity index (χ0v) is 12.5. The molecule has 0 radical (unpaired) electrons. The van der Waals surface area contributed by atoms with Gasteiger partial charge in [0.1, 0.15) is 6.04 Å². The van der Waals surface area contributed by atoms with Crippen LogP contribution in [0.2, 0.25) is 0 Å². The summed E-state index contributed by atoms with van der Waals surface area (Å²) in [7, 11) is 0. The van der Waals surface area contributed by atoms with E-state index in [1.54, 1.807) is 31.2 Å². The summed E-state index contributed by atoms with van der Waals surface area (Å²) in [5.41, 5.74) is 0.569. The molecule has 2 aliphatic heterocycles. The molecule has 2 fully saturated rings. The number of carbonyl (C=O) groups is 3. The highest BCUT2D eigenvalue weighted by molar-refractivity contribution is 6.40. The van der Waals surface area contributed by atoms with E-state index in [2.05, 4.69) is 5.32 Å². The molecule has 2 atom stereocenters. The summed E-state index contributed by atoms with van der Waals surface area (Å²) < 4.78 is 0. The number of nitrogens with one attached hydrogen (secondary N) is 1. The number of hydrogen-bond acceptors (Lipinski definition) is 3. The van der Waals surface area contributed by atoms with Gasteiger partial charge in [0, 0.05) is 24.8 Å². The largest absolute Gasteiger partial charge is 0.336 e. The lowest BCUT2D eigenvalue weighted by atomic mass is 10.1. The van der Waals surface area contributed by atoms with Crippen LogP contribution in [0.4, 0.5) is 5.69 Å². The Bertz CT molecular complexity index is 602. The predicted octanol–water partition coefficient (Wildman–Crippen LogP) is 0.847. The Kier molecular flexibility index (Phi) is 3.83. The monoisotopic (exact) mass is 301 g/mol. The Labute approximate surface area is 129 Å². The van der Waals surface area contributed by atoms with Crippen molar-refractivity contribution in [2.75, 3.05) is 18.4 Å². The fraction of sp³-hybridized carbons (Fsp3) is 0.438. The predicted molar refractivity (Wildman–Crippen MR) is 81.0 cm³/mol. The number of benzene rings is 1. The Morgan fingerprint density at radius 3 is 2.68 bits per heavy atom. The van der Waals surface area contributed by atoms with E-state index in [1.165, 1.54) is 4.90 Å². The molecule has 0 saturated carbocycles. The van der Waals surface area contributed by atoms with Crippen LogP contribution in [-0.2, 0) is 14.4 Å². The molecular weight excluding hydrogens is 282 g/mol. The molecule has 1 N–H and O–H groups in total. The molecule has 6 nitrogen and oxygen atoms in total. The van der Waals surface area contributed by atoms with Gasteiger partial charge in [0.05, 0.1) is 0 Å². The van der Waals surface area contributed by atoms with Gasteiger partial charge in [0.15, 0.2) is 0 Å². The molecule has 22 heavy (non-hydrogen) atoms. The maximum atomic E-state index is 12.4. The minimum Gasteiger partial charge on any atom is -0.336 e. The van der Waals surface area contributed by atoms with E-state index < -0.39 is 17.9 Å². The molecule has 6 heteroatoms. The number of fused-ring (bicyclic) bond motifs is 1. The summed E-state index contributed by atoms with van der Waals surface area (Å²) in [5.74, 6) is -1.40. The summed E-state index contributed by atoms with van der Waals surface area (Å²) in [4.78, 5) is 40.1. The van der Waals surface area contributed by atoms with Crippen molar-refractivity contribution in [2.24, 2.45) is 0 Å². The summed E-state index contributed by atoms with van der Waals surface area (Å²) in [5, 5.41) is 2.58. The minimum atomic E-state index is -0.697. The van der Waals surface area contributed by atoms with Crippen LogP contribution in [0, 0.1) is 0 Å². The van der Waals surface area contributed by atoms with Crippen molar-refractivity contribution < 1.29 is 14.4 Å². The number of nitrogens with zero attached hydrogens (tertiary/aromatic N) is 2. The third-order valence-corrected chi connectivity index (χ3v) is 4.38. The van der Waals surface area contributed by atoms with Crippen LogP contribution in [0.1, 0.15) is 19.8 Å². The highest BCUT2D eigenvalue weighted by atomic mass is 16.2. The molecule has 2 saturated heterocycles. The van der Waals surface area contributed by atoms with E-state index in [4.69, 9.17) is 0 Å². The van der Waals surface area contributed by atoms with Crippen LogP contribution < -0.4 is 5.32 Å². The lowest BCUT2D eigenvalue weighted by Gasteiger charge is -2.41. The first-order chi connectivity index (χ1) is 10.6. The van der Waals surface area contributed by atoms with E-state index in [0.717, 1.165) is 19.4 Å². The molecule has 3 rings (SSSR count). The first kappa shape index (κ1) is 14.6. The van der Waals surface area contributed by atoms with Crippen LogP contribution in [-0.4, -0.2) is 52.7 Å². The van der Waals surface area contributed by atoms with E-state index in [-0.39, 0.29) is 11.9 Å². The lowest BCUT2D eigenvalue weighted by molar-refractivity contribution is -0.155.